The molecule has 0 saturated carbocycles. The number of rotatable bonds is 1. The number of hydrazine groups is 1. The summed E-state index contributed by atoms with van der Waals surface area (Å²) in [5.74, 6) is -0.730. The molecule has 1 aliphatic rings. The van der Waals surface area contributed by atoms with Gasteiger partial charge in [0.15, 0.2) is 0 Å². The summed E-state index contributed by atoms with van der Waals surface area (Å²) in [4.78, 5) is 10.5. The molecule has 0 radical (unpaired) electrons. The van der Waals surface area contributed by atoms with Crippen LogP contribution in [0.25, 0.3) is 0 Å². The van der Waals surface area contributed by atoms with Gasteiger partial charge in [-0.25, -0.2) is 10.0 Å². The zero-order valence-electron chi connectivity index (χ0n) is 6.24. The third-order valence-electron chi connectivity index (χ3n) is 2.00. The van der Waals surface area contributed by atoms with Gasteiger partial charge in [-0.1, -0.05) is 0 Å². The summed E-state index contributed by atoms with van der Waals surface area (Å²) in [6.07, 6.45) is 0.725. The van der Waals surface area contributed by atoms with E-state index in [0.717, 1.165) is 13.0 Å². The van der Waals surface area contributed by atoms with E-state index in [1.54, 1.807) is 12.1 Å². The lowest BCUT2D eigenvalue weighted by Gasteiger charge is -2.21. The van der Waals surface area contributed by atoms with Gasteiger partial charge in [0.25, 0.3) is 0 Å². The van der Waals surface area contributed by atoms with Gasteiger partial charge in [-0.15, -0.1) is 0 Å². The van der Waals surface area contributed by atoms with E-state index in [1.807, 2.05) is 12.1 Å². The minimum Gasteiger partial charge on any atom is -0.480 e. The molecular weight excluding hydrogens is 132 g/mol. The molecule has 4 heteroatoms. The van der Waals surface area contributed by atoms with Crippen LogP contribution >= 0.6 is 0 Å². The highest BCUT2D eigenvalue weighted by atomic mass is 16.4. The summed E-state index contributed by atoms with van der Waals surface area (Å²) in [5, 5.41) is 12.3. The third kappa shape index (κ3) is 1.12. The van der Waals surface area contributed by atoms with Crippen molar-refractivity contribution in [3.8, 4) is 0 Å². The molecule has 1 fully saturated rings. The molecular formula is C6H12N2O2. The molecule has 1 aliphatic heterocycles. The molecule has 1 rings (SSSR count). The van der Waals surface area contributed by atoms with Crippen molar-refractivity contribution in [2.24, 2.45) is 0 Å². The molecule has 0 aliphatic carbocycles. The van der Waals surface area contributed by atoms with Crippen LogP contribution in [0.3, 0.4) is 0 Å². The van der Waals surface area contributed by atoms with E-state index in [0.29, 0.717) is 0 Å². The van der Waals surface area contributed by atoms with Crippen LogP contribution in [-0.4, -0.2) is 47.8 Å². The summed E-state index contributed by atoms with van der Waals surface area (Å²) in [5.41, 5.74) is 0. The van der Waals surface area contributed by atoms with E-state index < -0.39 is 5.97 Å². The molecule has 0 aromatic rings. The van der Waals surface area contributed by atoms with Crippen molar-refractivity contribution in [1.29, 1.82) is 0 Å². The molecule has 4 nitrogen and oxygen atoms in total. The van der Waals surface area contributed by atoms with E-state index in [2.05, 4.69) is 0 Å². The molecule has 0 aromatic heterocycles. The molecule has 10 heavy (non-hydrogen) atoms. The lowest BCUT2D eigenvalue weighted by atomic mass is 10.2. The van der Waals surface area contributed by atoms with Crippen LogP contribution in [0.2, 0.25) is 0 Å². The van der Waals surface area contributed by atoms with Crippen LogP contribution in [0, 0.1) is 0 Å². The number of carboxylic acids is 1. The van der Waals surface area contributed by atoms with Crippen molar-refractivity contribution >= 4 is 5.97 Å². The number of carboxylic acid groups (broad SMARTS) is 1. The summed E-state index contributed by atoms with van der Waals surface area (Å²) < 4.78 is 0. The summed E-state index contributed by atoms with van der Waals surface area (Å²) in [6.45, 7) is 0.841. The fourth-order valence-electron chi connectivity index (χ4n) is 1.17. The van der Waals surface area contributed by atoms with Gasteiger partial charge in [-0.2, -0.15) is 0 Å². The van der Waals surface area contributed by atoms with Crippen molar-refractivity contribution in [2.75, 3.05) is 20.6 Å². The molecule has 0 amide bonds. The summed E-state index contributed by atoms with van der Waals surface area (Å²) in [7, 11) is 3.69. The molecule has 0 aromatic carbocycles. The second kappa shape index (κ2) is 2.56. The Bertz CT molecular complexity index is 149. The largest absolute Gasteiger partial charge is 0.480 e. The van der Waals surface area contributed by atoms with Crippen molar-refractivity contribution in [1.82, 2.24) is 10.0 Å². The van der Waals surface area contributed by atoms with Gasteiger partial charge < -0.3 is 5.11 Å². The first-order valence-corrected chi connectivity index (χ1v) is 3.29. The Hall–Kier alpha value is -0.610. The van der Waals surface area contributed by atoms with Crippen molar-refractivity contribution in [3.63, 3.8) is 0 Å². The molecule has 0 spiro atoms. The third-order valence-corrected chi connectivity index (χ3v) is 2.00. The Morgan fingerprint density at radius 3 is 2.40 bits per heavy atom. The smallest absolute Gasteiger partial charge is 0.322 e. The lowest BCUT2D eigenvalue weighted by Crippen LogP contribution is -2.39. The van der Waals surface area contributed by atoms with Crippen LogP contribution in [0.4, 0.5) is 0 Å². The maximum absolute atomic E-state index is 10.5. The second-order valence-corrected chi connectivity index (χ2v) is 2.60. The SMILES string of the molecule is CN1CCC(C(=O)O)N1C. The topological polar surface area (TPSA) is 43.8 Å². The molecule has 0 bridgehead atoms. The quantitative estimate of drug-likeness (QED) is 0.545. The minimum absolute atomic E-state index is 0.315. The average Bonchev–Trinajstić information content (AvgIpc) is 2.14. The molecule has 1 unspecified atom stereocenters. The van der Waals surface area contributed by atoms with Crippen LogP contribution in [0.15, 0.2) is 0 Å². The number of likely N-dealkylation sites (N-methyl/N-ethyl adjacent to an activating group) is 1. The first-order chi connectivity index (χ1) is 4.63. The maximum Gasteiger partial charge on any atom is 0.322 e. The van der Waals surface area contributed by atoms with Gasteiger partial charge >= 0.3 is 5.97 Å². The number of hydrogen-bond acceptors (Lipinski definition) is 3. The Kier molecular flexibility index (Phi) is 1.92. The van der Waals surface area contributed by atoms with E-state index >= 15 is 0 Å². The number of hydrogen-bond donors (Lipinski definition) is 1. The van der Waals surface area contributed by atoms with E-state index in [1.165, 1.54) is 0 Å². The zero-order valence-corrected chi connectivity index (χ0v) is 6.24. The molecule has 1 heterocycles. The molecule has 58 valence electrons. The van der Waals surface area contributed by atoms with Crippen LogP contribution in [0.5, 0.6) is 0 Å². The monoisotopic (exact) mass is 144 g/mol. The number of carbonyl (C=O) groups is 1. The highest BCUT2D eigenvalue weighted by Crippen LogP contribution is 2.13. The first kappa shape index (κ1) is 7.50. The summed E-state index contributed by atoms with van der Waals surface area (Å²) in [6, 6.07) is -0.315. The highest BCUT2D eigenvalue weighted by Gasteiger charge is 2.30. The maximum atomic E-state index is 10.5. The minimum atomic E-state index is -0.730. The average molecular weight is 144 g/mol. The van der Waals surface area contributed by atoms with E-state index in [-0.39, 0.29) is 6.04 Å². The van der Waals surface area contributed by atoms with Gasteiger partial charge in [0, 0.05) is 20.6 Å². The van der Waals surface area contributed by atoms with Crippen molar-refractivity contribution in [2.45, 2.75) is 12.5 Å². The van der Waals surface area contributed by atoms with E-state index in [9.17, 15) is 4.79 Å². The van der Waals surface area contributed by atoms with Crippen molar-refractivity contribution < 1.29 is 9.90 Å². The Labute approximate surface area is 60.0 Å². The number of nitrogens with zero attached hydrogens (tertiary/aromatic N) is 2. The van der Waals surface area contributed by atoms with Crippen LogP contribution < -0.4 is 0 Å². The van der Waals surface area contributed by atoms with Gasteiger partial charge in [0.05, 0.1) is 0 Å². The van der Waals surface area contributed by atoms with Crippen LogP contribution in [-0.2, 0) is 4.79 Å². The van der Waals surface area contributed by atoms with Gasteiger partial charge in [0.1, 0.15) is 6.04 Å². The number of aliphatic carboxylic acids is 1. The zero-order chi connectivity index (χ0) is 7.72. The van der Waals surface area contributed by atoms with Crippen molar-refractivity contribution in [3.05, 3.63) is 0 Å². The first-order valence-electron chi connectivity index (χ1n) is 3.29. The van der Waals surface area contributed by atoms with Gasteiger partial charge in [-0.3, -0.25) is 4.79 Å². The van der Waals surface area contributed by atoms with Gasteiger partial charge in [-0.05, 0) is 6.42 Å². The predicted octanol–water partition coefficient (Wildman–Crippen LogP) is -0.378. The predicted molar refractivity (Wildman–Crippen MR) is 36.4 cm³/mol. The fraction of sp³-hybridized carbons (Fsp3) is 0.833. The standard InChI is InChI=1S/C6H12N2O2/c1-7-4-3-5(6(9)10)8(7)2/h5H,3-4H2,1-2H3,(H,9,10). The Morgan fingerprint density at radius 1 is 1.60 bits per heavy atom. The van der Waals surface area contributed by atoms with Gasteiger partial charge in [0.2, 0.25) is 0 Å². The highest BCUT2D eigenvalue weighted by molar-refractivity contribution is 5.73. The summed E-state index contributed by atoms with van der Waals surface area (Å²) >= 11 is 0. The normalized spacial score (nSPS) is 29.2. The van der Waals surface area contributed by atoms with Crippen LogP contribution in [0.1, 0.15) is 6.42 Å². The van der Waals surface area contributed by atoms with E-state index in [4.69, 9.17) is 5.11 Å². The molecule has 1 atom stereocenters. The fourth-order valence-corrected chi connectivity index (χ4v) is 1.17. The Morgan fingerprint density at radius 2 is 2.20 bits per heavy atom. The second-order valence-electron chi connectivity index (χ2n) is 2.60. The molecule has 1 N–H and O–H groups in total. The molecule has 1 saturated heterocycles. The Balaban J connectivity index is 2.57. The lowest BCUT2D eigenvalue weighted by molar-refractivity contribution is -0.144.